The van der Waals surface area contributed by atoms with Crippen molar-refractivity contribution in [3.8, 4) is 0 Å². The van der Waals surface area contributed by atoms with E-state index < -0.39 is 0 Å². The molecule has 1 aromatic heterocycles. The molecule has 0 radical (unpaired) electrons. The summed E-state index contributed by atoms with van der Waals surface area (Å²) < 4.78 is 0. The van der Waals surface area contributed by atoms with Crippen LogP contribution >= 0.6 is 22.9 Å². The van der Waals surface area contributed by atoms with E-state index in [0.717, 1.165) is 47.7 Å². The van der Waals surface area contributed by atoms with Gasteiger partial charge in [0.05, 0.1) is 16.4 Å². The van der Waals surface area contributed by atoms with Gasteiger partial charge in [-0.15, -0.1) is 11.3 Å². The van der Waals surface area contributed by atoms with Gasteiger partial charge in [0.1, 0.15) is 0 Å². The van der Waals surface area contributed by atoms with E-state index in [1.54, 1.807) is 11.3 Å². The summed E-state index contributed by atoms with van der Waals surface area (Å²) in [5, 5.41) is 3.95. The number of hydrogen-bond acceptors (Lipinski definition) is 5. The van der Waals surface area contributed by atoms with Crippen LogP contribution in [0.1, 0.15) is 18.7 Å². The molecule has 1 atom stereocenters. The summed E-state index contributed by atoms with van der Waals surface area (Å²) in [5.41, 5.74) is 7.97. The Morgan fingerprint density at radius 2 is 1.86 bits per heavy atom. The highest BCUT2D eigenvalue weighted by Gasteiger charge is 2.21. The summed E-state index contributed by atoms with van der Waals surface area (Å²) in [6.07, 6.45) is 0. The predicted molar refractivity (Wildman–Crippen MR) is 90.6 cm³/mol. The lowest BCUT2D eigenvalue weighted by atomic mass is 10.2. The van der Waals surface area contributed by atoms with E-state index in [-0.39, 0.29) is 6.04 Å². The first kappa shape index (κ1) is 14.6. The van der Waals surface area contributed by atoms with Gasteiger partial charge in [0.2, 0.25) is 0 Å². The SMILES string of the molecule is CC(N)c1csc(N2CCN(c3ccccc3Cl)CC2)n1. The van der Waals surface area contributed by atoms with E-state index in [4.69, 9.17) is 17.3 Å². The van der Waals surface area contributed by atoms with Gasteiger partial charge in [-0.1, -0.05) is 23.7 Å². The average molecular weight is 323 g/mol. The summed E-state index contributed by atoms with van der Waals surface area (Å²) in [6, 6.07) is 8.02. The van der Waals surface area contributed by atoms with Crippen molar-refractivity contribution >= 4 is 33.8 Å². The van der Waals surface area contributed by atoms with Crippen LogP contribution < -0.4 is 15.5 Å². The van der Waals surface area contributed by atoms with Crippen LogP contribution in [0.2, 0.25) is 5.02 Å². The second kappa shape index (κ2) is 6.22. The standard InChI is InChI=1S/C15H19ClN4S/c1-11(17)13-10-21-15(18-13)20-8-6-19(7-9-20)14-5-3-2-4-12(14)16/h2-5,10-11H,6-9,17H2,1H3. The van der Waals surface area contributed by atoms with Crippen molar-refractivity contribution in [1.82, 2.24) is 4.98 Å². The van der Waals surface area contributed by atoms with Crippen molar-refractivity contribution in [2.45, 2.75) is 13.0 Å². The number of benzene rings is 1. The van der Waals surface area contributed by atoms with Gasteiger partial charge in [0, 0.05) is 37.6 Å². The third-order valence-corrected chi connectivity index (χ3v) is 4.96. The molecule has 0 aliphatic carbocycles. The van der Waals surface area contributed by atoms with Gasteiger partial charge in [-0.25, -0.2) is 4.98 Å². The van der Waals surface area contributed by atoms with Crippen LogP contribution in [0.25, 0.3) is 0 Å². The number of rotatable bonds is 3. The Labute approximate surface area is 134 Å². The topological polar surface area (TPSA) is 45.4 Å². The molecule has 6 heteroatoms. The second-order valence-electron chi connectivity index (χ2n) is 5.27. The molecule has 112 valence electrons. The Hall–Kier alpha value is -1.30. The summed E-state index contributed by atoms with van der Waals surface area (Å²) in [4.78, 5) is 9.28. The van der Waals surface area contributed by atoms with Gasteiger partial charge in [0.15, 0.2) is 5.13 Å². The highest BCUT2D eigenvalue weighted by molar-refractivity contribution is 7.13. The molecule has 1 unspecified atom stereocenters. The normalized spacial score (nSPS) is 17.1. The molecular formula is C15H19ClN4S. The maximum Gasteiger partial charge on any atom is 0.185 e. The number of nitrogens with two attached hydrogens (primary N) is 1. The largest absolute Gasteiger partial charge is 0.367 e. The number of halogens is 1. The zero-order valence-corrected chi connectivity index (χ0v) is 13.6. The van der Waals surface area contributed by atoms with E-state index in [0.29, 0.717) is 0 Å². The van der Waals surface area contributed by atoms with Crippen LogP contribution in [0.5, 0.6) is 0 Å². The number of aromatic nitrogens is 1. The number of piperazine rings is 1. The Kier molecular flexibility index (Phi) is 4.33. The van der Waals surface area contributed by atoms with E-state index in [9.17, 15) is 0 Å². The monoisotopic (exact) mass is 322 g/mol. The van der Waals surface area contributed by atoms with Crippen molar-refractivity contribution in [3.05, 3.63) is 40.4 Å². The maximum absolute atomic E-state index is 6.27. The fourth-order valence-corrected chi connectivity index (χ4v) is 3.72. The number of anilines is 2. The molecular weight excluding hydrogens is 304 g/mol. The van der Waals surface area contributed by atoms with Crippen molar-refractivity contribution < 1.29 is 0 Å². The smallest absolute Gasteiger partial charge is 0.185 e. The van der Waals surface area contributed by atoms with Crippen molar-refractivity contribution in [3.63, 3.8) is 0 Å². The summed E-state index contributed by atoms with van der Waals surface area (Å²) in [6.45, 7) is 5.79. The first-order valence-electron chi connectivity index (χ1n) is 7.10. The Morgan fingerprint density at radius 3 is 2.48 bits per heavy atom. The fraction of sp³-hybridized carbons (Fsp3) is 0.400. The molecule has 4 nitrogen and oxygen atoms in total. The number of nitrogens with zero attached hydrogens (tertiary/aromatic N) is 3. The number of hydrogen-bond donors (Lipinski definition) is 1. The average Bonchev–Trinajstić information content (AvgIpc) is 2.98. The summed E-state index contributed by atoms with van der Waals surface area (Å²) in [7, 11) is 0. The maximum atomic E-state index is 6.27. The van der Waals surface area contributed by atoms with E-state index in [2.05, 4.69) is 26.2 Å². The van der Waals surface area contributed by atoms with Crippen LogP contribution in [0.4, 0.5) is 10.8 Å². The minimum atomic E-state index is -0.000542. The van der Waals surface area contributed by atoms with Crippen molar-refractivity contribution in [1.29, 1.82) is 0 Å². The van der Waals surface area contributed by atoms with Gasteiger partial charge < -0.3 is 15.5 Å². The van der Waals surface area contributed by atoms with Gasteiger partial charge in [0.25, 0.3) is 0 Å². The Morgan fingerprint density at radius 1 is 1.19 bits per heavy atom. The van der Waals surface area contributed by atoms with Crippen LogP contribution in [-0.2, 0) is 0 Å². The van der Waals surface area contributed by atoms with Gasteiger partial charge in [-0.05, 0) is 19.1 Å². The zero-order valence-electron chi connectivity index (χ0n) is 12.0. The molecule has 0 spiro atoms. The Balaban J connectivity index is 1.66. The first-order valence-corrected chi connectivity index (χ1v) is 8.36. The highest BCUT2D eigenvalue weighted by atomic mass is 35.5. The van der Waals surface area contributed by atoms with Crippen LogP contribution in [0.15, 0.2) is 29.6 Å². The molecule has 0 saturated carbocycles. The van der Waals surface area contributed by atoms with Crippen LogP contribution in [0, 0.1) is 0 Å². The molecule has 1 saturated heterocycles. The molecule has 0 amide bonds. The van der Waals surface area contributed by atoms with Crippen LogP contribution in [0.3, 0.4) is 0 Å². The lowest BCUT2D eigenvalue weighted by molar-refractivity contribution is 0.650. The van der Waals surface area contributed by atoms with Gasteiger partial charge in [-0.2, -0.15) is 0 Å². The van der Waals surface area contributed by atoms with Crippen LogP contribution in [-0.4, -0.2) is 31.2 Å². The molecule has 21 heavy (non-hydrogen) atoms. The summed E-state index contributed by atoms with van der Waals surface area (Å²) >= 11 is 7.94. The lowest BCUT2D eigenvalue weighted by Gasteiger charge is -2.36. The molecule has 1 fully saturated rings. The zero-order chi connectivity index (χ0) is 14.8. The molecule has 1 aliphatic heterocycles. The quantitative estimate of drug-likeness (QED) is 0.943. The minimum Gasteiger partial charge on any atom is -0.367 e. The molecule has 2 N–H and O–H groups in total. The van der Waals surface area contributed by atoms with Gasteiger partial charge >= 0.3 is 0 Å². The van der Waals surface area contributed by atoms with E-state index >= 15 is 0 Å². The molecule has 2 heterocycles. The number of para-hydroxylation sites is 1. The molecule has 2 aromatic rings. The molecule has 1 aromatic carbocycles. The van der Waals surface area contributed by atoms with E-state index in [1.807, 2.05) is 25.1 Å². The molecule has 1 aliphatic rings. The minimum absolute atomic E-state index is 0.000542. The highest BCUT2D eigenvalue weighted by Crippen LogP contribution is 2.28. The number of thiazole rings is 1. The van der Waals surface area contributed by atoms with E-state index in [1.165, 1.54) is 0 Å². The molecule has 0 bridgehead atoms. The Bertz CT molecular complexity index is 605. The fourth-order valence-electron chi connectivity index (χ4n) is 2.48. The van der Waals surface area contributed by atoms with Crippen molar-refractivity contribution in [2.24, 2.45) is 5.73 Å². The van der Waals surface area contributed by atoms with Crippen molar-refractivity contribution in [2.75, 3.05) is 36.0 Å². The first-order chi connectivity index (χ1) is 10.1. The predicted octanol–water partition coefficient (Wildman–Crippen LogP) is 3.14. The second-order valence-corrected chi connectivity index (χ2v) is 6.51. The summed E-state index contributed by atoms with van der Waals surface area (Å²) in [5.74, 6) is 0. The molecule has 3 rings (SSSR count). The third-order valence-electron chi connectivity index (χ3n) is 3.72. The lowest BCUT2D eigenvalue weighted by Crippen LogP contribution is -2.46. The third kappa shape index (κ3) is 3.15. The van der Waals surface area contributed by atoms with Gasteiger partial charge in [-0.3, -0.25) is 0 Å².